The van der Waals surface area contributed by atoms with Gasteiger partial charge < -0.3 is 4.43 Å². The third-order valence-corrected chi connectivity index (χ3v) is 18.7. The van der Waals surface area contributed by atoms with Crippen molar-refractivity contribution in [3.63, 3.8) is 0 Å². The summed E-state index contributed by atoms with van der Waals surface area (Å²) in [5.41, 5.74) is 1.29. The van der Waals surface area contributed by atoms with Crippen LogP contribution in [0.5, 0.6) is 5.75 Å². The highest BCUT2D eigenvalue weighted by Gasteiger charge is 2.40. The highest BCUT2D eigenvalue weighted by molar-refractivity contribution is 7.38. The van der Waals surface area contributed by atoms with E-state index in [9.17, 15) is 0 Å². The fraction of sp³-hybridized carbons (Fsp3) is 0.500. The van der Waals surface area contributed by atoms with E-state index in [4.69, 9.17) is 4.43 Å². The van der Waals surface area contributed by atoms with E-state index in [0.717, 1.165) is 5.75 Å². The van der Waals surface area contributed by atoms with E-state index < -0.39 is 15.4 Å². The van der Waals surface area contributed by atoms with Gasteiger partial charge in [0.05, 0.1) is 7.59 Å². The van der Waals surface area contributed by atoms with Crippen LogP contribution in [0, 0.1) is 6.92 Å². The predicted octanol–water partition coefficient (Wildman–Crippen LogP) is 4.00. The zero-order valence-electron chi connectivity index (χ0n) is 10.7. The van der Waals surface area contributed by atoms with E-state index in [0.29, 0.717) is 0 Å². The molecule has 0 saturated carbocycles. The summed E-state index contributed by atoms with van der Waals surface area (Å²) >= 11 is 0. The first kappa shape index (κ1) is 12.5. The van der Waals surface area contributed by atoms with Crippen molar-refractivity contribution in [3.8, 4) is 5.75 Å². The van der Waals surface area contributed by atoms with Gasteiger partial charge in [0, 0.05) is 0 Å². The molecule has 0 aliphatic carbocycles. The maximum Gasteiger partial charge on any atom is 0.228 e. The summed E-state index contributed by atoms with van der Waals surface area (Å²) in [6.45, 7) is 14.0. The minimum Gasteiger partial charge on any atom is -0.547 e. The third-order valence-electron chi connectivity index (χ3n) is 3.20. The SMILES string of the molecule is Cc1ccc(O[Si](C)(C)[Si](C)(C)C)cc1. The molecule has 0 bridgehead atoms. The quantitative estimate of drug-likeness (QED) is 0.723. The number of hydrogen-bond acceptors (Lipinski definition) is 1. The van der Waals surface area contributed by atoms with Crippen molar-refractivity contribution in [1.29, 1.82) is 0 Å². The molecule has 1 nitrogen and oxygen atoms in total. The molecule has 0 atom stereocenters. The molecule has 0 fully saturated rings. The van der Waals surface area contributed by atoms with Crippen LogP contribution >= 0.6 is 0 Å². The topological polar surface area (TPSA) is 9.23 Å². The minimum atomic E-state index is -1.52. The van der Waals surface area contributed by atoms with Gasteiger partial charge >= 0.3 is 0 Å². The molecular formula is C12H22OSi2. The number of benzene rings is 1. The van der Waals surface area contributed by atoms with Gasteiger partial charge in [0.15, 0.2) is 0 Å². The molecule has 0 aromatic heterocycles. The van der Waals surface area contributed by atoms with E-state index in [1.165, 1.54) is 5.56 Å². The lowest BCUT2D eigenvalue weighted by atomic mass is 10.2. The second-order valence-electron chi connectivity index (χ2n) is 5.68. The molecule has 0 spiro atoms. The molecule has 0 radical (unpaired) electrons. The fourth-order valence-electron chi connectivity index (χ4n) is 1.05. The zero-order chi connectivity index (χ0) is 11.7. The van der Waals surface area contributed by atoms with Crippen molar-refractivity contribution in [2.75, 3.05) is 0 Å². The standard InChI is InChI=1S/C12H22OSi2/c1-11-7-9-12(10-8-11)13-15(5,6)14(2,3)4/h7-10H,1-6H3. The molecule has 0 heterocycles. The lowest BCUT2D eigenvalue weighted by Gasteiger charge is -2.35. The maximum absolute atomic E-state index is 6.22. The molecule has 0 N–H and O–H groups in total. The van der Waals surface area contributed by atoms with Crippen LogP contribution in [0.25, 0.3) is 0 Å². The van der Waals surface area contributed by atoms with Crippen LogP contribution in [0.1, 0.15) is 5.56 Å². The van der Waals surface area contributed by atoms with Crippen LogP contribution in [0.15, 0.2) is 24.3 Å². The van der Waals surface area contributed by atoms with Gasteiger partial charge in [0.25, 0.3) is 0 Å². The van der Waals surface area contributed by atoms with Gasteiger partial charge in [-0.15, -0.1) is 0 Å². The van der Waals surface area contributed by atoms with Gasteiger partial charge in [-0.3, -0.25) is 0 Å². The second-order valence-corrected chi connectivity index (χ2v) is 21.5. The summed E-state index contributed by atoms with van der Waals surface area (Å²) in [5, 5.41) is 0. The molecule has 0 unspecified atom stereocenters. The Morgan fingerprint density at radius 3 is 1.73 bits per heavy atom. The van der Waals surface area contributed by atoms with Crippen molar-refractivity contribution in [2.45, 2.75) is 39.7 Å². The van der Waals surface area contributed by atoms with Crippen molar-refractivity contribution in [2.24, 2.45) is 0 Å². The van der Waals surface area contributed by atoms with E-state index in [1.54, 1.807) is 0 Å². The van der Waals surface area contributed by atoms with Crippen molar-refractivity contribution >= 4 is 15.4 Å². The van der Waals surface area contributed by atoms with Crippen molar-refractivity contribution in [3.05, 3.63) is 29.8 Å². The summed E-state index contributed by atoms with van der Waals surface area (Å²) in [4.78, 5) is 0. The summed E-state index contributed by atoms with van der Waals surface area (Å²) in [6, 6.07) is 8.41. The summed E-state index contributed by atoms with van der Waals surface area (Å²) in [7, 11) is -2.69. The van der Waals surface area contributed by atoms with Crippen LogP contribution in [-0.4, -0.2) is 15.4 Å². The van der Waals surface area contributed by atoms with Gasteiger partial charge in [0.1, 0.15) is 5.75 Å². The molecule has 1 aromatic carbocycles. The van der Waals surface area contributed by atoms with E-state index >= 15 is 0 Å². The minimum absolute atomic E-state index is 1.04. The zero-order valence-corrected chi connectivity index (χ0v) is 12.7. The molecule has 1 rings (SSSR count). The first-order valence-corrected chi connectivity index (χ1v) is 12.9. The molecular weight excluding hydrogens is 216 g/mol. The second kappa shape index (κ2) is 4.14. The van der Waals surface area contributed by atoms with Crippen LogP contribution < -0.4 is 4.43 Å². The van der Waals surface area contributed by atoms with Crippen molar-refractivity contribution in [1.82, 2.24) is 0 Å². The van der Waals surface area contributed by atoms with Gasteiger partial charge in [-0.25, -0.2) is 0 Å². The largest absolute Gasteiger partial charge is 0.547 e. The van der Waals surface area contributed by atoms with Crippen LogP contribution in [-0.2, 0) is 0 Å². The molecule has 1 aromatic rings. The first-order valence-electron chi connectivity index (χ1n) is 5.48. The highest BCUT2D eigenvalue weighted by atomic mass is 29.3. The van der Waals surface area contributed by atoms with E-state index in [2.05, 4.69) is 63.9 Å². The highest BCUT2D eigenvalue weighted by Crippen LogP contribution is 2.23. The van der Waals surface area contributed by atoms with Gasteiger partial charge in [-0.2, -0.15) is 0 Å². The van der Waals surface area contributed by atoms with Crippen LogP contribution in [0.4, 0.5) is 0 Å². The smallest absolute Gasteiger partial charge is 0.228 e. The van der Waals surface area contributed by atoms with Crippen molar-refractivity contribution < 1.29 is 4.43 Å². The predicted molar refractivity (Wildman–Crippen MR) is 72.6 cm³/mol. The Kier molecular flexibility index (Phi) is 3.46. The Hall–Kier alpha value is -0.546. The Morgan fingerprint density at radius 1 is 0.867 bits per heavy atom. The average molecular weight is 238 g/mol. The van der Waals surface area contributed by atoms with Gasteiger partial charge in [0.2, 0.25) is 7.83 Å². The van der Waals surface area contributed by atoms with Gasteiger partial charge in [-0.05, 0) is 32.2 Å². The lowest BCUT2D eigenvalue weighted by Crippen LogP contribution is -2.57. The molecule has 3 heteroatoms. The molecule has 0 aliphatic heterocycles. The summed E-state index contributed by atoms with van der Waals surface area (Å²) < 4.78 is 6.22. The Labute approximate surface area is 95.4 Å². The lowest BCUT2D eigenvalue weighted by molar-refractivity contribution is 0.568. The van der Waals surface area contributed by atoms with Gasteiger partial charge in [-0.1, -0.05) is 37.3 Å². The maximum atomic E-state index is 6.22. The first-order chi connectivity index (χ1) is 6.72. The molecule has 0 amide bonds. The average Bonchev–Trinajstić information content (AvgIpc) is 2.06. The molecule has 0 aliphatic rings. The molecule has 0 saturated heterocycles. The monoisotopic (exact) mass is 238 g/mol. The van der Waals surface area contributed by atoms with E-state index in [-0.39, 0.29) is 0 Å². The third kappa shape index (κ3) is 3.21. The number of rotatable bonds is 3. The number of hydrogen-bond donors (Lipinski definition) is 0. The van der Waals surface area contributed by atoms with Crippen LogP contribution in [0.3, 0.4) is 0 Å². The Bertz CT molecular complexity index is 322. The number of aryl methyl sites for hydroxylation is 1. The molecule has 15 heavy (non-hydrogen) atoms. The summed E-state index contributed by atoms with van der Waals surface area (Å²) in [5.74, 6) is 1.04. The summed E-state index contributed by atoms with van der Waals surface area (Å²) in [6.07, 6.45) is 0. The normalized spacial score (nSPS) is 12.7. The Morgan fingerprint density at radius 2 is 1.33 bits per heavy atom. The van der Waals surface area contributed by atoms with Crippen LogP contribution in [0.2, 0.25) is 32.7 Å². The fourth-order valence-corrected chi connectivity index (χ4v) is 3.36. The Balaban J connectivity index is 2.82. The molecule has 84 valence electrons. The van der Waals surface area contributed by atoms with E-state index in [1.807, 2.05) is 0 Å².